The number of aliphatic hydroxyl groups excluding tert-OH is 3. The van der Waals surface area contributed by atoms with E-state index in [-0.39, 0.29) is 23.5 Å². The number of nitrogens with two attached hydrogens (primary N) is 1. The molecule has 2 saturated carbocycles. The number of ketones is 3. The van der Waals surface area contributed by atoms with Gasteiger partial charge in [0.25, 0.3) is 0 Å². The number of hydrogen-bond donors (Lipinski definition) is 6. The van der Waals surface area contributed by atoms with Crippen LogP contribution in [0.2, 0.25) is 0 Å². The lowest BCUT2D eigenvalue weighted by molar-refractivity contribution is -0.307. The summed E-state index contributed by atoms with van der Waals surface area (Å²) in [7, 11) is 0. The Labute approximate surface area is 249 Å². The minimum absolute atomic E-state index is 0.105. The van der Waals surface area contributed by atoms with Crippen LogP contribution in [-0.4, -0.2) is 72.7 Å². The van der Waals surface area contributed by atoms with E-state index in [4.69, 9.17) is 5.73 Å². The molecule has 0 radical (unpaired) electrons. The molecule has 2 fully saturated rings. The van der Waals surface area contributed by atoms with Crippen LogP contribution in [0.5, 0.6) is 5.75 Å². The molecule has 10 atom stereocenters. The first-order chi connectivity index (χ1) is 20.0. The van der Waals surface area contributed by atoms with Crippen molar-refractivity contribution in [2.45, 2.75) is 70.9 Å². The molecule has 0 spiro atoms. The Morgan fingerprint density at radius 2 is 1.65 bits per heavy atom. The molecule has 0 heterocycles. The summed E-state index contributed by atoms with van der Waals surface area (Å²) in [6.45, 7) is 7.84. The Bertz CT molecular complexity index is 1540. The first-order valence-corrected chi connectivity index (χ1v) is 14.5. The van der Waals surface area contributed by atoms with Gasteiger partial charge in [-0.1, -0.05) is 58.0 Å². The zero-order valence-electron chi connectivity index (χ0n) is 24.8. The monoisotopic (exact) mass is 593 g/mol. The Morgan fingerprint density at radius 3 is 2.23 bits per heavy atom. The molecule has 2 aromatic carbocycles. The zero-order chi connectivity index (χ0) is 32.0. The number of phenolic OH excluding ortho intramolecular Hbond substituents is 1. The summed E-state index contributed by atoms with van der Waals surface area (Å²) in [6, 6.07) is 11.4. The van der Waals surface area contributed by atoms with Crippen molar-refractivity contribution in [2.24, 2.45) is 40.2 Å². The normalized spacial score (nSPS) is 38.7. The number of fused-ring (bicyclic) bond motifs is 3. The average molecular weight is 594 g/mol. The van der Waals surface area contributed by atoms with Crippen molar-refractivity contribution in [3.63, 3.8) is 0 Å². The molecule has 230 valence electrons. The highest BCUT2D eigenvalue weighted by Crippen LogP contribution is 2.68. The van der Waals surface area contributed by atoms with E-state index in [9.17, 15) is 44.7 Å². The highest BCUT2D eigenvalue weighted by Gasteiger charge is 2.80. The summed E-state index contributed by atoms with van der Waals surface area (Å²) in [5.74, 6) is -9.67. The van der Waals surface area contributed by atoms with E-state index in [1.807, 2.05) is 0 Å². The average Bonchev–Trinajstić information content (AvgIpc) is 2.92. The third-order valence-electron chi connectivity index (χ3n) is 11.0. The van der Waals surface area contributed by atoms with Crippen LogP contribution in [0.1, 0.15) is 72.4 Å². The van der Waals surface area contributed by atoms with E-state index >= 15 is 0 Å². The molecule has 10 heteroatoms. The van der Waals surface area contributed by atoms with E-state index in [0.29, 0.717) is 16.7 Å². The Hall–Kier alpha value is -3.44. The number of carbonyl (C=O) groups excluding carboxylic acids is 4. The van der Waals surface area contributed by atoms with Gasteiger partial charge in [-0.2, -0.15) is 0 Å². The Morgan fingerprint density at radius 1 is 1.02 bits per heavy atom. The maximum atomic E-state index is 14.3. The van der Waals surface area contributed by atoms with E-state index < -0.39 is 81.8 Å². The highest BCUT2D eigenvalue weighted by molar-refractivity contribution is 6.09. The Balaban J connectivity index is 1.81. The van der Waals surface area contributed by atoms with Crippen LogP contribution in [0.15, 0.2) is 42.5 Å². The fourth-order valence-corrected chi connectivity index (χ4v) is 9.03. The van der Waals surface area contributed by atoms with Gasteiger partial charge in [-0.25, -0.2) is 0 Å². The van der Waals surface area contributed by atoms with Gasteiger partial charge in [-0.15, -0.1) is 0 Å². The van der Waals surface area contributed by atoms with E-state index in [1.165, 1.54) is 19.9 Å². The molecule has 3 unspecified atom stereocenters. The fraction of sp³-hybridized carbons (Fsp3) is 0.515. The number of benzene rings is 2. The van der Waals surface area contributed by atoms with Gasteiger partial charge in [-0.05, 0) is 54.4 Å². The molecule has 7 N–H and O–H groups in total. The summed E-state index contributed by atoms with van der Waals surface area (Å²) in [6.07, 6.45) is -5.36. The molecule has 1 amide bonds. The maximum Gasteiger partial charge on any atom is 0.230 e. The molecule has 5 rings (SSSR count). The summed E-state index contributed by atoms with van der Waals surface area (Å²) >= 11 is 0. The van der Waals surface area contributed by atoms with E-state index in [0.717, 1.165) is 0 Å². The Kier molecular flexibility index (Phi) is 7.25. The predicted molar refractivity (Wildman–Crippen MR) is 154 cm³/mol. The van der Waals surface area contributed by atoms with Crippen LogP contribution < -0.4 is 5.73 Å². The van der Waals surface area contributed by atoms with Crippen molar-refractivity contribution in [3.05, 3.63) is 64.7 Å². The number of carbonyl (C=O) groups is 4. The maximum absolute atomic E-state index is 14.3. The lowest BCUT2D eigenvalue weighted by atomic mass is 9.36. The number of phenols is 1. The highest BCUT2D eigenvalue weighted by atomic mass is 16.4. The number of amides is 1. The number of aromatic hydroxyl groups is 1. The summed E-state index contributed by atoms with van der Waals surface area (Å²) in [5, 5.41) is 59.3. The van der Waals surface area contributed by atoms with Crippen LogP contribution in [0.25, 0.3) is 0 Å². The second-order valence-corrected chi connectivity index (χ2v) is 13.4. The molecular formula is C33H39NO9. The minimum atomic E-state index is -2.86. The standard InChI is InChI=1S/C33H39NO9/c1-14(2)23-26(38)22(29(34)41)27(39)33(43)28(40)24-25(37)21-18(10-7-11-20(21)36)19(31(24,4)30(42)32(23,33)5)13-16-8-6-9-17(12-16)15(3)35/h6-12,14,19,22-24,26,28,30,36,38,40,42-43H,13H2,1-5H3,(H2,34,41)/t19-,22-,23+,24?,26?,28?,30-,31+,32+,33+/m1/s1. The van der Waals surface area contributed by atoms with Crippen LogP contribution in [0.3, 0.4) is 0 Å². The third kappa shape index (κ3) is 3.86. The number of primary amides is 1. The van der Waals surface area contributed by atoms with Gasteiger partial charge in [0.05, 0.1) is 23.7 Å². The van der Waals surface area contributed by atoms with Crippen molar-refractivity contribution in [1.29, 1.82) is 0 Å². The molecule has 3 aliphatic rings. The van der Waals surface area contributed by atoms with Gasteiger partial charge in [0.1, 0.15) is 17.8 Å². The molecule has 10 nitrogen and oxygen atoms in total. The quantitative estimate of drug-likeness (QED) is 0.220. The summed E-state index contributed by atoms with van der Waals surface area (Å²) < 4.78 is 0. The summed E-state index contributed by atoms with van der Waals surface area (Å²) in [4.78, 5) is 52.8. The number of aliphatic hydroxyl groups is 4. The molecule has 2 aromatic rings. The van der Waals surface area contributed by atoms with Crippen LogP contribution >= 0.6 is 0 Å². The van der Waals surface area contributed by atoms with Gasteiger partial charge in [-0.3, -0.25) is 19.2 Å². The molecule has 3 aliphatic carbocycles. The van der Waals surface area contributed by atoms with Crippen molar-refractivity contribution >= 4 is 23.3 Å². The van der Waals surface area contributed by atoms with Gasteiger partial charge in [0, 0.05) is 16.4 Å². The van der Waals surface area contributed by atoms with E-state index in [2.05, 4.69) is 0 Å². The molecule has 0 bridgehead atoms. The van der Waals surface area contributed by atoms with Gasteiger partial charge in [0.2, 0.25) is 5.91 Å². The molecule has 0 saturated heterocycles. The van der Waals surface area contributed by atoms with Gasteiger partial charge >= 0.3 is 0 Å². The van der Waals surface area contributed by atoms with E-state index in [1.54, 1.807) is 57.2 Å². The van der Waals surface area contributed by atoms with Crippen LogP contribution in [-0.2, 0) is 16.0 Å². The topological polar surface area (TPSA) is 195 Å². The summed E-state index contributed by atoms with van der Waals surface area (Å²) in [5.41, 5.74) is 0.564. The lowest BCUT2D eigenvalue weighted by Crippen LogP contribution is -2.83. The SMILES string of the molecule is CC(=O)c1cccc(C[C@@H]2c3cccc(O)c3C(=O)C3C(O)[C@@]4(O)C(=O)[C@H](C(N)=O)C(O)[C@H](C(C)C)[C@@]4(C)[C@H](O)[C@]32C)c1. The molecule has 0 aromatic heterocycles. The van der Waals surface area contributed by atoms with Gasteiger partial charge < -0.3 is 31.3 Å². The third-order valence-corrected chi connectivity index (χ3v) is 11.0. The van der Waals surface area contributed by atoms with Crippen molar-refractivity contribution < 1.29 is 44.7 Å². The van der Waals surface area contributed by atoms with Crippen LogP contribution in [0.4, 0.5) is 0 Å². The van der Waals surface area contributed by atoms with Crippen molar-refractivity contribution in [3.8, 4) is 5.75 Å². The fourth-order valence-electron chi connectivity index (χ4n) is 9.03. The zero-order valence-corrected chi connectivity index (χ0v) is 24.8. The molecule has 0 aliphatic heterocycles. The second-order valence-electron chi connectivity index (χ2n) is 13.4. The number of hydrogen-bond acceptors (Lipinski definition) is 9. The van der Waals surface area contributed by atoms with Crippen molar-refractivity contribution in [2.75, 3.05) is 0 Å². The molecular weight excluding hydrogens is 554 g/mol. The number of rotatable bonds is 5. The first-order valence-electron chi connectivity index (χ1n) is 14.5. The first kappa shape index (κ1) is 31.0. The molecule has 43 heavy (non-hydrogen) atoms. The van der Waals surface area contributed by atoms with Crippen molar-refractivity contribution in [1.82, 2.24) is 0 Å². The minimum Gasteiger partial charge on any atom is -0.507 e. The predicted octanol–water partition coefficient (Wildman–Crippen LogP) is 1.53. The van der Waals surface area contributed by atoms with Gasteiger partial charge in [0.15, 0.2) is 23.0 Å². The second kappa shape index (κ2) is 10.1. The largest absolute Gasteiger partial charge is 0.507 e. The van der Waals surface area contributed by atoms with Crippen LogP contribution in [0, 0.1) is 34.5 Å². The lowest BCUT2D eigenvalue weighted by Gasteiger charge is -2.69. The smallest absolute Gasteiger partial charge is 0.230 e. The number of Topliss-reactive ketones (excluding diaryl/α,β-unsaturated/α-hetero) is 3.